The number of aryl methyl sites for hydroxylation is 2. The van der Waals surface area contributed by atoms with Gasteiger partial charge in [-0.1, -0.05) is 24.3 Å². The van der Waals surface area contributed by atoms with Crippen molar-refractivity contribution in [3.05, 3.63) is 64.5 Å². The van der Waals surface area contributed by atoms with E-state index in [0.717, 1.165) is 36.7 Å². The number of carbonyl (C=O) groups is 1. The second-order valence-corrected chi connectivity index (χ2v) is 7.65. The topological polar surface area (TPSA) is 102 Å². The van der Waals surface area contributed by atoms with Crippen LogP contribution in [0.25, 0.3) is 0 Å². The summed E-state index contributed by atoms with van der Waals surface area (Å²) in [6, 6.07) is 10.4. The third kappa shape index (κ3) is 5.04. The fourth-order valence-corrected chi connectivity index (χ4v) is 3.76. The molecule has 0 unspecified atom stereocenters. The Kier molecular flexibility index (Phi) is 6.08. The Labute approximate surface area is 175 Å². The number of fused-ring (bicyclic) bond motifs is 1. The molecule has 4 rings (SSSR count). The highest BCUT2D eigenvalue weighted by atomic mass is 16.2. The number of aromatic nitrogens is 6. The molecule has 1 aliphatic rings. The normalized spacial score (nSPS) is 13.8. The van der Waals surface area contributed by atoms with Gasteiger partial charge >= 0.3 is 0 Å². The Morgan fingerprint density at radius 2 is 1.90 bits per heavy atom. The minimum absolute atomic E-state index is 0.0977. The Balaban J connectivity index is 1.28. The van der Waals surface area contributed by atoms with Gasteiger partial charge in [0.25, 0.3) is 0 Å². The summed E-state index contributed by atoms with van der Waals surface area (Å²) in [5, 5.41) is 14.8. The number of benzene rings is 1. The summed E-state index contributed by atoms with van der Waals surface area (Å²) in [6.45, 7) is 6.89. The van der Waals surface area contributed by atoms with Crippen LogP contribution in [0.2, 0.25) is 0 Å². The van der Waals surface area contributed by atoms with E-state index >= 15 is 0 Å². The van der Waals surface area contributed by atoms with Crippen molar-refractivity contribution >= 4 is 5.91 Å². The average molecular weight is 406 g/mol. The molecule has 9 nitrogen and oxygen atoms in total. The minimum atomic E-state index is -0.128. The average Bonchev–Trinajstić information content (AvgIpc) is 3.13. The Bertz CT molecular complexity index is 1010. The molecule has 1 N–H and O–H groups in total. The Morgan fingerprint density at radius 3 is 2.70 bits per heavy atom. The first kappa shape index (κ1) is 20.1. The molecule has 9 heteroatoms. The summed E-state index contributed by atoms with van der Waals surface area (Å²) in [5.41, 5.74) is 4.61. The van der Waals surface area contributed by atoms with Gasteiger partial charge in [-0.2, -0.15) is 0 Å². The van der Waals surface area contributed by atoms with E-state index in [2.05, 4.69) is 60.0 Å². The van der Waals surface area contributed by atoms with Gasteiger partial charge in [0, 0.05) is 37.4 Å². The Morgan fingerprint density at radius 1 is 1.13 bits per heavy atom. The van der Waals surface area contributed by atoms with Gasteiger partial charge in [0.15, 0.2) is 5.82 Å². The van der Waals surface area contributed by atoms with E-state index in [1.165, 1.54) is 11.1 Å². The molecule has 0 fully saturated rings. The van der Waals surface area contributed by atoms with Gasteiger partial charge < -0.3 is 5.32 Å². The van der Waals surface area contributed by atoms with Crippen molar-refractivity contribution in [1.82, 2.24) is 40.4 Å². The summed E-state index contributed by atoms with van der Waals surface area (Å²) in [7, 11) is 0. The first-order chi connectivity index (χ1) is 14.6. The third-order valence-corrected chi connectivity index (χ3v) is 5.17. The monoisotopic (exact) mass is 406 g/mol. The van der Waals surface area contributed by atoms with Crippen molar-refractivity contribution in [3.8, 4) is 0 Å². The van der Waals surface area contributed by atoms with Gasteiger partial charge in [-0.3, -0.25) is 9.69 Å². The molecule has 0 bridgehead atoms. The van der Waals surface area contributed by atoms with Crippen LogP contribution in [0.1, 0.15) is 34.2 Å². The van der Waals surface area contributed by atoms with Crippen LogP contribution in [0, 0.1) is 13.8 Å². The summed E-state index contributed by atoms with van der Waals surface area (Å²) >= 11 is 0. The predicted molar refractivity (Wildman–Crippen MR) is 110 cm³/mol. The van der Waals surface area contributed by atoms with Gasteiger partial charge in [0.2, 0.25) is 5.91 Å². The maximum Gasteiger partial charge on any atom is 0.241 e. The molecule has 0 spiro atoms. The zero-order valence-corrected chi connectivity index (χ0v) is 17.4. The minimum Gasteiger partial charge on any atom is -0.354 e. The molecular weight excluding hydrogens is 380 g/mol. The van der Waals surface area contributed by atoms with Gasteiger partial charge in [-0.25, -0.2) is 14.6 Å². The lowest BCUT2D eigenvalue weighted by Gasteiger charge is -2.28. The van der Waals surface area contributed by atoms with E-state index < -0.39 is 0 Å². The van der Waals surface area contributed by atoms with E-state index in [4.69, 9.17) is 0 Å². The third-order valence-electron chi connectivity index (χ3n) is 5.17. The lowest BCUT2D eigenvalue weighted by atomic mass is 10.00. The summed E-state index contributed by atoms with van der Waals surface area (Å²) in [4.78, 5) is 23.5. The van der Waals surface area contributed by atoms with E-state index in [9.17, 15) is 4.79 Å². The highest BCUT2D eigenvalue weighted by Gasteiger charge is 2.19. The highest BCUT2D eigenvalue weighted by Crippen LogP contribution is 2.19. The molecule has 0 saturated carbocycles. The molecular formula is C21H26N8O. The Hall–Kier alpha value is -3.20. The quantitative estimate of drug-likeness (QED) is 0.624. The van der Waals surface area contributed by atoms with Gasteiger partial charge in [0.05, 0.1) is 6.54 Å². The first-order valence-corrected chi connectivity index (χ1v) is 10.2. The smallest absolute Gasteiger partial charge is 0.241 e. The zero-order chi connectivity index (χ0) is 20.9. The number of amides is 1. The standard InChI is InChI=1S/C21H26N8O/c1-15-11-16(2)24-19(23-15)7-9-22-21(30)14-29-20(25-26-27-29)13-28-10-8-17-5-3-4-6-18(17)12-28/h3-6,11H,7-10,12-14H2,1-2H3,(H,22,30). The van der Waals surface area contributed by atoms with Crippen LogP contribution < -0.4 is 5.32 Å². The number of nitrogens with zero attached hydrogens (tertiary/aromatic N) is 7. The summed E-state index contributed by atoms with van der Waals surface area (Å²) in [5.74, 6) is 1.31. The van der Waals surface area contributed by atoms with E-state index in [-0.39, 0.29) is 12.5 Å². The fraction of sp³-hybridized carbons (Fsp3) is 0.429. The highest BCUT2D eigenvalue weighted by molar-refractivity contribution is 5.75. The molecule has 0 atom stereocenters. The van der Waals surface area contributed by atoms with Crippen LogP contribution >= 0.6 is 0 Å². The molecule has 0 saturated heterocycles. The van der Waals surface area contributed by atoms with Gasteiger partial charge in [-0.15, -0.1) is 5.10 Å². The van der Waals surface area contributed by atoms with Crippen LogP contribution in [0.5, 0.6) is 0 Å². The predicted octanol–water partition coefficient (Wildman–Crippen LogP) is 0.997. The molecule has 1 aliphatic heterocycles. The lowest BCUT2D eigenvalue weighted by molar-refractivity contribution is -0.121. The summed E-state index contributed by atoms with van der Waals surface area (Å²) < 4.78 is 1.57. The molecule has 3 heterocycles. The number of hydrogen-bond acceptors (Lipinski definition) is 7. The second-order valence-electron chi connectivity index (χ2n) is 7.65. The molecule has 0 radical (unpaired) electrons. The van der Waals surface area contributed by atoms with Crippen molar-refractivity contribution in [3.63, 3.8) is 0 Å². The number of nitrogens with one attached hydrogen (secondary N) is 1. The van der Waals surface area contributed by atoms with Crippen molar-refractivity contribution in [2.24, 2.45) is 0 Å². The maximum atomic E-state index is 12.4. The fourth-order valence-electron chi connectivity index (χ4n) is 3.76. The second kappa shape index (κ2) is 9.08. The van der Waals surface area contributed by atoms with Crippen LogP contribution in [-0.2, 0) is 37.3 Å². The van der Waals surface area contributed by atoms with Crippen LogP contribution in [-0.4, -0.2) is 54.1 Å². The van der Waals surface area contributed by atoms with Gasteiger partial charge in [-0.05, 0) is 47.9 Å². The van der Waals surface area contributed by atoms with Crippen LogP contribution in [0.3, 0.4) is 0 Å². The van der Waals surface area contributed by atoms with E-state index in [1.807, 2.05) is 19.9 Å². The molecule has 2 aromatic heterocycles. The first-order valence-electron chi connectivity index (χ1n) is 10.2. The SMILES string of the molecule is Cc1cc(C)nc(CCNC(=O)Cn2nnnc2CN2CCc3ccccc3C2)n1. The van der Waals surface area contributed by atoms with Crippen LogP contribution in [0.4, 0.5) is 0 Å². The molecule has 30 heavy (non-hydrogen) atoms. The summed E-state index contributed by atoms with van der Waals surface area (Å²) in [6.07, 6.45) is 1.60. The van der Waals surface area contributed by atoms with Crippen LogP contribution in [0.15, 0.2) is 30.3 Å². The van der Waals surface area contributed by atoms with E-state index in [1.54, 1.807) is 4.68 Å². The largest absolute Gasteiger partial charge is 0.354 e. The molecule has 1 amide bonds. The number of carbonyl (C=O) groups excluding carboxylic acids is 1. The van der Waals surface area contributed by atoms with Crippen molar-refractivity contribution in [2.75, 3.05) is 13.1 Å². The number of hydrogen-bond donors (Lipinski definition) is 1. The maximum absolute atomic E-state index is 12.4. The number of rotatable bonds is 7. The molecule has 156 valence electrons. The van der Waals surface area contributed by atoms with Crippen molar-refractivity contribution < 1.29 is 4.79 Å². The van der Waals surface area contributed by atoms with E-state index in [0.29, 0.717) is 25.3 Å². The molecule has 0 aliphatic carbocycles. The lowest BCUT2D eigenvalue weighted by Crippen LogP contribution is -2.33. The molecule has 3 aromatic rings. The van der Waals surface area contributed by atoms with Crippen molar-refractivity contribution in [1.29, 1.82) is 0 Å². The zero-order valence-electron chi connectivity index (χ0n) is 17.4. The molecule has 1 aromatic carbocycles. The number of tetrazole rings is 1. The van der Waals surface area contributed by atoms with Gasteiger partial charge in [0.1, 0.15) is 12.4 Å². The van der Waals surface area contributed by atoms with Crippen molar-refractivity contribution in [2.45, 2.75) is 46.3 Å².